The largest absolute Gasteiger partial charge is 0.474 e. The molecule has 6 heteroatoms. The summed E-state index contributed by atoms with van der Waals surface area (Å²) in [5, 5.41) is 11.7. The number of benzene rings is 2. The molecule has 0 amide bonds. The molecule has 26 heavy (non-hydrogen) atoms. The van der Waals surface area contributed by atoms with Gasteiger partial charge < -0.3 is 19.3 Å². The fraction of sp³-hybridized carbons (Fsp3) is 0.200. The van der Waals surface area contributed by atoms with Crippen LogP contribution in [0.25, 0.3) is 0 Å². The second kappa shape index (κ2) is 7.01. The molecule has 2 atom stereocenters. The summed E-state index contributed by atoms with van der Waals surface area (Å²) in [7, 11) is 2.34. The van der Waals surface area contributed by atoms with E-state index in [1.807, 2.05) is 6.07 Å². The highest BCUT2D eigenvalue weighted by atomic mass is 16.6. The Kier molecular flexibility index (Phi) is 4.77. The monoisotopic (exact) mass is 354 g/mol. The molecule has 2 aromatic carbocycles. The van der Waals surface area contributed by atoms with Crippen LogP contribution in [-0.2, 0) is 29.4 Å². The van der Waals surface area contributed by atoms with Crippen molar-refractivity contribution in [2.24, 2.45) is 0 Å². The van der Waals surface area contributed by atoms with Crippen LogP contribution in [-0.4, -0.2) is 31.3 Å². The van der Waals surface area contributed by atoms with Gasteiger partial charge in [-0.15, -0.1) is 0 Å². The summed E-state index contributed by atoms with van der Waals surface area (Å²) in [5.41, 5.74) is -1.21. The minimum atomic E-state index is -1.92. The van der Waals surface area contributed by atoms with Gasteiger partial charge in [-0.3, -0.25) is 0 Å². The van der Waals surface area contributed by atoms with Crippen molar-refractivity contribution in [3.05, 3.63) is 83.1 Å². The molecule has 3 rings (SSSR count). The quantitative estimate of drug-likeness (QED) is 0.848. The first-order chi connectivity index (χ1) is 12.5. The highest BCUT2D eigenvalue weighted by Crippen LogP contribution is 2.51. The molecule has 1 aliphatic heterocycles. The molecule has 0 spiro atoms. The van der Waals surface area contributed by atoms with Gasteiger partial charge in [-0.1, -0.05) is 60.7 Å². The third-order valence-electron chi connectivity index (χ3n) is 4.30. The van der Waals surface area contributed by atoms with Crippen molar-refractivity contribution in [2.75, 3.05) is 14.2 Å². The van der Waals surface area contributed by atoms with Crippen molar-refractivity contribution < 1.29 is 28.9 Å². The van der Waals surface area contributed by atoms with Gasteiger partial charge in [-0.25, -0.2) is 9.59 Å². The molecule has 134 valence electrons. The fourth-order valence-electron chi connectivity index (χ4n) is 3.08. The first-order valence-electron chi connectivity index (χ1n) is 7.95. The van der Waals surface area contributed by atoms with E-state index < -0.39 is 23.6 Å². The van der Waals surface area contributed by atoms with Crippen molar-refractivity contribution in [3.63, 3.8) is 0 Å². The van der Waals surface area contributed by atoms with Crippen LogP contribution in [0.1, 0.15) is 17.2 Å². The standard InChI is InChI=1S/C20H18O6/c1-24-18(21)15-16(19(22)25-2)26-17(13-9-5-3-6-10-13)20(15,23)14-11-7-4-8-12-14/h3-12,17,23H,1-2H3/t17-,20+/m0/s1. The Morgan fingerprint density at radius 2 is 1.46 bits per heavy atom. The number of rotatable bonds is 4. The van der Waals surface area contributed by atoms with Crippen LogP contribution >= 0.6 is 0 Å². The summed E-state index contributed by atoms with van der Waals surface area (Å²) in [4.78, 5) is 24.7. The first-order valence-corrected chi connectivity index (χ1v) is 7.95. The van der Waals surface area contributed by atoms with Gasteiger partial charge in [0, 0.05) is 0 Å². The highest BCUT2D eigenvalue weighted by Gasteiger charge is 2.56. The molecule has 0 fully saturated rings. The van der Waals surface area contributed by atoms with Gasteiger partial charge in [-0.05, 0) is 11.1 Å². The van der Waals surface area contributed by atoms with Crippen molar-refractivity contribution in [3.8, 4) is 0 Å². The average molecular weight is 354 g/mol. The van der Waals surface area contributed by atoms with Crippen LogP contribution in [0.5, 0.6) is 0 Å². The van der Waals surface area contributed by atoms with Gasteiger partial charge in [-0.2, -0.15) is 0 Å². The van der Waals surface area contributed by atoms with Crippen molar-refractivity contribution in [2.45, 2.75) is 11.7 Å². The zero-order valence-electron chi connectivity index (χ0n) is 14.3. The van der Waals surface area contributed by atoms with E-state index >= 15 is 0 Å². The number of esters is 2. The molecule has 1 aliphatic rings. The van der Waals surface area contributed by atoms with Gasteiger partial charge in [0.2, 0.25) is 5.76 Å². The predicted octanol–water partition coefficient (Wildman–Crippen LogP) is 2.25. The number of carbonyl (C=O) groups excluding carboxylic acids is 2. The normalized spacial score (nSPS) is 21.9. The summed E-state index contributed by atoms with van der Waals surface area (Å²) < 4.78 is 15.3. The molecule has 1 heterocycles. The van der Waals surface area contributed by atoms with E-state index in [4.69, 9.17) is 14.2 Å². The zero-order chi connectivity index (χ0) is 18.7. The Balaban J connectivity index is 2.27. The fourth-order valence-corrected chi connectivity index (χ4v) is 3.08. The summed E-state index contributed by atoms with van der Waals surface area (Å²) in [6, 6.07) is 17.4. The van der Waals surface area contributed by atoms with Crippen LogP contribution in [0.15, 0.2) is 72.0 Å². The van der Waals surface area contributed by atoms with E-state index in [2.05, 4.69) is 0 Å². The highest BCUT2D eigenvalue weighted by molar-refractivity contribution is 6.01. The van der Waals surface area contributed by atoms with Gasteiger partial charge in [0.05, 0.1) is 14.2 Å². The van der Waals surface area contributed by atoms with E-state index in [0.717, 1.165) is 0 Å². The maximum absolute atomic E-state index is 12.5. The Morgan fingerprint density at radius 3 is 2.00 bits per heavy atom. The SMILES string of the molecule is COC(=O)C1=C(C(=O)OC)[C@](O)(c2ccccc2)[C@H](c2ccccc2)O1. The minimum absolute atomic E-state index is 0.285. The molecule has 0 unspecified atom stereocenters. The lowest BCUT2D eigenvalue weighted by atomic mass is 9.79. The molecular weight excluding hydrogens is 336 g/mol. The number of ether oxygens (including phenoxy) is 3. The number of aliphatic hydroxyl groups is 1. The van der Waals surface area contributed by atoms with E-state index in [1.54, 1.807) is 54.6 Å². The number of methoxy groups -OCH3 is 2. The summed E-state index contributed by atoms with van der Waals surface area (Å²) in [5.74, 6) is -2.09. The molecule has 0 saturated carbocycles. The Labute approximate surface area is 150 Å². The van der Waals surface area contributed by atoms with Crippen LogP contribution in [0.2, 0.25) is 0 Å². The lowest BCUT2D eigenvalue weighted by molar-refractivity contribution is -0.142. The topological polar surface area (TPSA) is 82.1 Å². The van der Waals surface area contributed by atoms with Crippen LogP contribution in [0.4, 0.5) is 0 Å². The molecule has 0 aliphatic carbocycles. The van der Waals surface area contributed by atoms with E-state index in [9.17, 15) is 14.7 Å². The van der Waals surface area contributed by atoms with Crippen LogP contribution in [0.3, 0.4) is 0 Å². The second-order valence-electron chi connectivity index (χ2n) is 5.73. The van der Waals surface area contributed by atoms with E-state index in [1.165, 1.54) is 14.2 Å². The average Bonchev–Trinajstić information content (AvgIpc) is 3.02. The molecule has 6 nitrogen and oxygen atoms in total. The van der Waals surface area contributed by atoms with E-state index in [-0.39, 0.29) is 11.3 Å². The van der Waals surface area contributed by atoms with E-state index in [0.29, 0.717) is 11.1 Å². The third kappa shape index (κ3) is 2.74. The Hall–Kier alpha value is -3.12. The third-order valence-corrected chi connectivity index (χ3v) is 4.30. The zero-order valence-corrected chi connectivity index (χ0v) is 14.3. The van der Waals surface area contributed by atoms with Gasteiger partial charge in [0.25, 0.3) is 0 Å². The Morgan fingerprint density at radius 1 is 0.923 bits per heavy atom. The van der Waals surface area contributed by atoms with Crippen LogP contribution < -0.4 is 0 Å². The molecule has 0 bridgehead atoms. The Bertz CT molecular complexity index is 843. The van der Waals surface area contributed by atoms with Gasteiger partial charge in [0.1, 0.15) is 5.57 Å². The summed E-state index contributed by atoms with van der Waals surface area (Å²) >= 11 is 0. The number of hydrogen-bond donors (Lipinski definition) is 1. The van der Waals surface area contributed by atoms with Crippen molar-refractivity contribution in [1.82, 2.24) is 0 Å². The maximum atomic E-state index is 12.5. The molecule has 0 radical (unpaired) electrons. The molecule has 2 aromatic rings. The molecule has 1 N–H and O–H groups in total. The lowest BCUT2D eigenvalue weighted by Crippen LogP contribution is -2.36. The van der Waals surface area contributed by atoms with Crippen LogP contribution in [0, 0.1) is 0 Å². The first kappa shape index (κ1) is 17.7. The molecule has 0 saturated heterocycles. The smallest absolute Gasteiger partial charge is 0.374 e. The molecule has 0 aromatic heterocycles. The lowest BCUT2D eigenvalue weighted by Gasteiger charge is -2.30. The van der Waals surface area contributed by atoms with Gasteiger partial charge >= 0.3 is 11.9 Å². The number of carbonyl (C=O) groups is 2. The van der Waals surface area contributed by atoms with Crippen molar-refractivity contribution in [1.29, 1.82) is 0 Å². The second-order valence-corrected chi connectivity index (χ2v) is 5.73. The summed E-state index contributed by atoms with van der Waals surface area (Å²) in [6.45, 7) is 0. The summed E-state index contributed by atoms with van der Waals surface area (Å²) in [6.07, 6.45) is -1.02. The van der Waals surface area contributed by atoms with Crippen molar-refractivity contribution >= 4 is 11.9 Å². The predicted molar refractivity (Wildman–Crippen MR) is 91.7 cm³/mol. The maximum Gasteiger partial charge on any atom is 0.374 e. The minimum Gasteiger partial charge on any atom is -0.474 e. The number of hydrogen-bond acceptors (Lipinski definition) is 6. The molecular formula is C20H18O6. The van der Waals surface area contributed by atoms with Gasteiger partial charge in [0.15, 0.2) is 11.7 Å².